The van der Waals surface area contributed by atoms with Crippen LogP contribution in [0.25, 0.3) is 0 Å². The Morgan fingerprint density at radius 1 is 0.949 bits per heavy atom. The molecule has 1 aromatic heterocycles. The van der Waals surface area contributed by atoms with Crippen molar-refractivity contribution in [2.24, 2.45) is 5.10 Å². The van der Waals surface area contributed by atoms with Crippen molar-refractivity contribution in [1.82, 2.24) is 9.73 Å². The van der Waals surface area contributed by atoms with E-state index in [1.807, 2.05) is 0 Å². The van der Waals surface area contributed by atoms with Gasteiger partial charge in [0.2, 0.25) is 10.0 Å². The molecule has 0 bridgehead atoms. The maximum Gasteiger partial charge on any atom is 0.271 e. The molecule has 0 fully saturated rings. The van der Waals surface area contributed by atoms with Gasteiger partial charge in [0.05, 0.1) is 31.9 Å². The Balaban J connectivity index is 1.48. The van der Waals surface area contributed by atoms with Gasteiger partial charge < -0.3 is 13.9 Å². The quantitative estimate of drug-likeness (QED) is 0.199. The minimum absolute atomic E-state index is 0.0241. The first-order chi connectivity index (χ1) is 18.8. The number of ether oxygens (including phenoxy) is 2. The lowest BCUT2D eigenvalue weighted by Crippen LogP contribution is -2.30. The second-order valence-electron chi connectivity index (χ2n) is 8.32. The molecule has 0 saturated heterocycles. The van der Waals surface area contributed by atoms with Crippen molar-refractivity contribution >= 4 is 33.7 Å². The highest BCUT2D eigenvalue weighted by atomic mass is 35.5. The van der Waals surface area contributed by atoms with Gasteiger partial charge in [0.25, 0.3) is 5.91 Å². The summed E-state index contributed by atoms with van der Waals surface area (Å²) in [5, 5.41) is 4.51. The molecule has 39 heavy (non-hydrogen) atoms. The number of halogens is 1. The highest BCUT2D eigenvalue weighted by Gasteiger charge is 2.26. The zero-order valence-corrected chi connectivity index (χ0v) is 22.8. The van der Waals surface area contributed by atoms with E-state index in [1.165, 1.54) is 24.7 Å². The van der Waals surface area contributed by atoms with E-state index in [-0.39, 0.29) is 18.0 Å². The van der Waals surface area contributed by atoms with E-state index in [1.54, 1.807) is 84.9 Å². The normalized spacial score (nSPS) is 11.6. The van der Waals surface area contributed by atoms with Gasteiger partial charge in [-0.25, -0.2) is 13.8 Å². The van der Waals surface area contributed by atoms with Crippen LogP contribution in [-0.4, -0.2) is 39.1 Å². The number of rotatable bonds is 11. The van der Waals surface area contributed by atoms with Crippen LogP contribution in [0, 0.1) is 0 Å². The van der Waals surface area contributed by atoms with E-state index in [4.69, 9.17) is 25.5 Å². The number of furan rings is 1. The number of benzene rings is 3. The fourth-order valence-electron chi connectivity index (χ4n) is 3.64. The first kappa shape index (κ1) is 27.9. The molecule has 0 saturated carbocycles. The van der Waals surface area contributed by atoms with Gasteiger partial charge in [0, 0.05) is 23.2 Å². The number of methoxy groups -OCH3 is 2. The Bertz CT molecular complexity index is 1530. The molecule has 4 rings (SSSR count). The molecule has 0 radical (unpaired) electrons. The first-order valence-electron chi connectivity index (χ1n) is 11.7. The van der Waals surface area contributed by atoms with Crippen molar-refractivity contribution in [3.8, 4) is 11.5 Å². The summed E-state index contributed by atoms with van der Waals surface area (Å²) in [6.07, 6.45) is 1.33. The fraction of sp³-hybridized carbons (Fsp3) is 0.143. The predicted molar refractivity (Wildman–Crippen MR) is 148 cm³/mol. The lowest BCUT2D eigenvalue weighted by Gasteiger charge is -2.21. The van der Waals surface area contributed by atoms with E-state index in [0.29, 0.717) is 33.6 Å². The van der Waals surface area contributed by atoms with Crippen LogP contribution in [0.3, 0.4) is 0 Å². The molecule has 0 spiro atoms. The monoisotopic (exact) mass is 567 g/mol. The molecule has 0 unspecified atom stereocenters. The first-order valence-corrected chi connectivity index (χ1v) is 13.5. The van der Waals surface area contributed by atoms with Crippen LogP contribution in [-0.2, 0) is 23.1 Å². The molecule has 0 aliphatic rings. The lowest BCUT2D eigenvalue weighted by atomic mass is 10.2. The largest absolute Gasteiger partial charge is 0.497 e. The highest BCUT2D eigenvalue weighted by Crippen LogP contribution is 2.24. The summed E-state index contributed by atoms with van der Waals surface area (Å²) in [7, 11) is -0.858. The van der Waals surface area contributed by atoms with E-state index in [9.17, 15) is 13.2 Å². The third-order valence-corrected chi connectivity index (χ3v) is 7.70. The molecule has 9 nitrogen and oxygen atoms in total. The number of nitrogens with zero attached hydrogens (tertiary/aromatic N) is 2. The van der Waals surface area contributed by atoms with Gasteiger partial charge >= 0.3 is 0 Å². The maximum atomic E-state index is 13.5. The van der Waals surface area contributed by atoms with Crippen LogP contribution in [0.15, 0.2) is 99.3 Å². The molecule has 1 amide bonds. The second-order valence-corrected chi connectivity index (χ2v) is 10.7. The molecule has 1 N–H and O–H groups in total. The van der Waals surface area contributed by atoms with Crippen LogP contribution in [0.1, 0.15) is 27.4 Å². The van der Waals surface area contributed by atoms with Gasteiger partial charge in [-0.05, 0) is 54.1 Å². The Kier molecular flexibility index (Phi) is 9.03. The summed E-state index contributed by atoms with van der Waals surface area (Å²) in [5.41, 5.74) is 3.49. The molecule has 4 aromatic rings. The molecule has 11 heteroatoms. The Labute approximate surface area is 231 Å². The number of nitrogens with one attached hydrogen (secondary N) is 1. The standard InChI is InChI=1S/C28H26ClN3O6S/c1-36-25-14-21(15-26(16-25)37-2)28(33)31-30-17-23-12-13-24(38-23)19-32(18-20-8-10-22(29)11-9-20)39(34,35)27-6-4-3-5-7-27/h3-17H,18-19H2,1-2H3,(H,31,33)/b30-17-. The lowest BCUT2D eigenvalue weighted by molar-refractivity contribution is 0.0954. The Morgan fingerprint density at radius 3 is 2.26 bits per heavy atom. The zero-order valence-electron chi connectivity index (χ0n) is 21.2. The summed E-state index contributed by atoms with van der Waals surface area (Å²) in [4.78, 5) is 12.7. The average molecular weight is 568 g/mol. The van der Waals surface area contributed by atoms with Gasteiger partial charge in [-0.1, -0.05) is 41.9 Å². The molecular formula is C28H26ClN3O6S. The number of carbonyl (C=O) groups excluding carboxylic acids is 1. The molecule has 0 atom stereocenters. The van der Waals surface area contributed by atoms with Crippen LogP contribution in [0.2, 0.25) is 5.02 Å². The van der Waals surface area contributed by atoms with Crippen molar-refractivity contribution in [2.45, 2.75) is 18.0 Å². The predicted octanol–water partition coefficient (Wildman–Crippen LogP) is 5.11. The van der Waals surface area contributed by atoms with Crippen molar-refractivity contribution in [3.63, 3.8) is 0 Å². The van der Waals surface area contributed by atoms with Crippen LogP contribution in [0.4, 0.5) is 0 Å². The van der Waals surface area contributed by atoms with Gasteiger partial charge in [-0.15, -0.1) is 0 Å². The van der Waals surface area contributed by atoms with Crippen LogP contribution < -0.4 is 14.9 Å². The number of hydrazone groups is 1. The van der Waals surface area contributed by atoms with E-state index >= 15 is 0 Å². The summed E-state index contributed by atoms with van der Waals surface area (Å²) >= 11 is 5.99. The number of sulfonamides is 1. The fourth-order valence-corrected chi connectivity index (χ4v) is 5.18. The molecule has 0 aliphatic heterocycles. The van der Waals surface area contributed by atoms with Crippen molar-refractivity contribution in [3.05, 3.63) is 113 Å². The van der Waals surface area contributed by atoms with Crippen molar-refractivity contribution in [1.29, 1.82) is 0 Å². The molecule has 202 valence electrons. The number of amides is 1. The second kappa shape index (κ2) is 12.6. The number of carbonyl (C=O) groups is 1. The molecule has 3 aromatic carbocycles. The smallest absolute Gasteiger partial charge is 0.271 e. The Morgan fingerprint density at radius 2 is 1.62 bits per heavy atom. The topological polar surface area (TPSA) is 110 Å². The third-order valence-electron chi connectivity index (χ3n) is 5.64. The van der Waals surface area contributed by atoms with Crippen molar-refractivity contribution < 1.29 is 27.1 Å². The van der Waals surface area contributed by atoms with E-state index < -0.39 is 15.9 Å². The van der Waals surface area contributed by atoms with E-state index in [0.717, 1.165) is 5.56 Å². The number of hydrogen-bond acceptors (Lipinski definition) is 7. The van der Waals surface area contributed by atoms with Gasteiger partial charge in [-0.3, -0.25) is 4.79 Å². The number of hydrogen-bond donors (Lipinski definition) is 1. The minimum Gasteiger partial charge on any atom is -0.497 e. The summed E-state index contributed by atoms with van der Waals surface area (Å²) < 4.78 is 44.4. The molecule has 0 aliphatic carbocycles. The Hall–Kier alpha value is -4.12. The van der Waals surface area contributed by atoms with Crippen molar-refractivity contribution in [2.75, 3.05) is 14.2 Å². The summed E-state index contributed by atoms with van der Waals surface area (Å²) in [5.74, 6) is 1.18. The van der Waals surface area contributed by atoms with Crippen LogP contribution in [0.5, 0.6) is 11.5 Å². The average Bonchev–Trinajstić information content (AvgIpc) is 3.41. The van der Waals surface area contributed by atoms with Gasteiger partial charge in [-0.2, -0.15) is 9.41 Å². The van der Waals surface area contributed by atoms with Gasteiger partial charge in [0.15, 0.2) is 0 Å². The van der Waals surface area contributed by atoms with E-state index in [2.05, 4.69) is 10.5 Å². The SMILES string of the molecule is COc1cc(OC)cc(C(=O)N/N=C\c2ccc(CN(Cc3ccc(Cl)cc3)S(=O)(=O)c3ccccc3)o2)c1. The highest BCUT2D eigenvalue weighted by molar-refractivity contribution is 7.89. The maximum absolute atomic E-state index is 13.5. The summed E-state index contributed by atoms with van der Waals surface area (Å²) in [6, 6.07) is 23.2. The third kappa shape index (κ3) is 7.26. The molecular weight excluding hydrogens is 542 g/mol. The van der Waals surface area contributed by atoms with Gasteiger partial charge in [0.1, 0.15) is 23.0 Å². The zero-order chi connectivity index (χ0) is 27.8. The molecule has 1 heterocycles. The summed E-state index contributed by atoms with van der Waals surface area (Å²) in [6.45, 7) is 0.0856. The van der Waals surface area contributed by atoms with Crippen LogP contribution >= 0.6 is 11.6 Å². The minimum atomic E-state index is -3.84.